The van der Waals surface area contributed by atoms with E-state index in [2.05, 4.69) is 24.1 Å². The minimum atomic E-state index is -2.92. The third kappa shape index (κ3) is 6.89. The van der Waals surface area contributed by atoms with E-state index in [-0.39, 0.29) is 5.75 Å². The first-order valence-electron chi connectivity index (χ1n) is 6.32. The van der Waals surface area contributed by atoms with Gasteiger partial charge in [-0.2, -0.15) is 0 Å². The molecule has 0 amide bonds. The summed E-state index contributed by atoms with van der Waals surface area (Å²) in [6.45, 7) is 6.54. The monoisotopic (exact) mass is 305 g/mol. The van der Waals surface area contributed by atoms with Crippen molar-refractivity contribution < 1.29 is 8.42 Å². The van der Waals surface area contributed by atoms with Gasteiger partial charge < -0.3 is 10.2 Å². The maximum Gasteiger partial charge on any atom is 0.185 e. The predicted octanol–water partition coefficient (Wildman–Crippen LogP) is 1.37. The van der Waals surface area contributed by atoms with Gasteiger partial charge in [0.1, 0.15) is 9.84 Å². The molecule has 1 aromatic rings. The molecule has 0 saturated heterocycles. The molecule has 0 unspecified atom stereocenters. The molecule has 0 aliphatic heterocycles. The van der Waals surface area contributed by atoms with E-state index in [9.17, 15) is 8.42 Å². The van der Waals surface area contributed by atoms with Crippen molar-refractivity contribution in [2.75, 3.05) is 37.0 Å². The Morgan fingerprint density at radius 1 is 1.47 bits per heavy atom. The lowest BCUT2D eigenvalue weighted by Crippen LogP contribution is -2.25. The van der Waals surface area contributed by atoms with Crippen molar-refractivity contribution in [1.82, 2.24) is 10.3 Å². The van der Waals surface area contributed by atoms with Gasteiger partial charge in [0.2, 0.25) is 0 Å². The third-order valence-electron chi connectivity index (χ3n) is 2.52. The molecule has 1 N–H and O–H groups in total. The average Bonchev–Trinajstić information content (AvgIpc) is 2.73. The van der Waals surface area contributed by atoms with Crippen LogP contribution in [0.15, 0.2) is 5.38 Å². The molecular weight excluding hydrogens is 282 g/mol. The Labute approximate surface area is 120 Å². The Balaban J connectivity index is 2.45. The summed E-state index contributed by atoms with van der Waals surface area (Å²) >= 11 is 1.55. The van der Waals surface area contributed by atoms with E-state index in [1.165, 1.54) is 6.26 Å². The van der Waals surface area contributed by atoms with Gasteiger partial charge >= 0.3 is 0 Å². The average molecular weight is 305 g/mol. The fourth-order valence-electron chi connectivity index (χ4n) is 1.44. The summed E-state index contributed by atoms with van der Waals surface area (Å²) in [7, 11) is -1.05. The van der Waals surface area contributed by atoms with Crippen molar-refractivity contribution in [1.29, 1.82) is 0 Å². The van der Waals surface area contributed by atoms with Gasteiger partial charge in [0.05, 0.1) is 11.4 Å². The van der Waals surface area contributed by atoms with Gasteiger partial charge in [0, 0.05) is 31.8 Å². The van der Waals surface area contributed by atoms with Crippen molar-refractivity contribution >= 4 is 26.3 Å². The van der Waals surface area contributed by atoms with Crippen LogP contribution in [0.5, 0.6) is 0 Å². The molecule has 7 heteroatoms. The molecule has 0 saturated carbocycles. The number of rotatable bonds is 8. The maximum absolute atomic E-state index is 11.1. The van der Waals surface area contributed by atoms with E-state index in [1.54, 1.807) is 11.3 Å². The third-order valence-corrected chi connectivity index (χ3v) is 4.45. The summed E-state index contributed by atoms with van der Waals surface area (Å²) < 4.78 is 22.2. The van der Waals surface area contributed by atoms with Gasteiger partial charge in [-0.25, -0.2) is 13.4 Å². The number of thiazole rings is 1. The molecule has 0 aromatic carbocycles. The fraction of sp³-hybridized carbons (Fsp3) is 0.750. The number of anilines is 1. The summed E-state index contributed by atoms with van der Waals surface area (Å²) in [6, 6.07) is 0. The van der Waals surface area contributed by atoms with E-state index in [0.717, 1.165) is 23.9 Å². The molecule has 5 nitrogen and oxygen atoms in total. The van der Waals surface area contributed by atoms with E-state index in [1.807, 2.05) is 17.3 Å². The molecule has 0 bridgehead atoms. The molecule has 0 aliphatic carbocycles. The van der Waals surface area contributed by atoms with Crippen molar-refractivity contribution in [3.63, 3.8) is 0 Å². The standard InChI is InChI=1S/C12H23N3O2S2/c1-10(2)7-13-8-11-9-18-12(14-11)15(3)5-6-19(4,16)17/h9-10,13H,5-8H2,1-4H3. The topological polar surface area (TPSA) is 62.3 Å². The molecule has 0 fully saturated rings. The van der Waals surface area contributed by atoms with Gasteiger partial charge in [0.25, 0.3) is 0 Å². The van der Waals surface area contributed by atoms with Gasteiger partial charge in [0.15, 0.2) is 5.13 Å². The Bertz CT molecular complexity index is 483. The summed E-state index contributed by atoms with van der Waals surface area (Å²) in [6.07, 6.45) is 1.25. The normalized spacial score (nSPS) is 12.1. The van der Waals surface area contributed by atoms with Crippen LogP contribution in [-0.2, 0) is 16.4 Å². The summed E-state index contributed by atoms with van der Waals surface area (Å²) in [5, 5.41) is 6.22. The molecule has 1 rings (SSSR count). The van der Waals surface area contributed by atoms with Crippen LogP contribution in [0.25, 0.3) is 0 Å². The number of nitrogens with one attached hydrogen (secondary N) is 1. The van der Waals surface area contributed by atoms with Gasteiger partial charge in [-0.05, 0) is 12.5 Å². The lowest BCUT2D eigenvalue weighted by molar-refractivity contribution is 0.549. The summed E-state index contributed by atoms with van der Waals surface area (Å²) in [5.41, 5.74) is 1.01. The summed E-state index contributed by atoms with van der Waals surface area (Å²) in [4.78, 5) is 6.38. The molecule has 1 aromatic heterocycles. The fourth-order valence-corrected chi connectivity index (χ4v) is 2.86. The number of aromatic nitrogens is 1. The highest BCUT2D eigenvalue weighted by molar-refractivity contribution is 7.90. The molecular formula is C12H23N3O2S2. The molecule has 0 radical (unpaired) electrons. The SMILES string of the molecule is CC(C)CNCc1csc(N(C)CCS(C)(=O)=O)n1. The lowest BCUT2D eigenvalue weighted by Gasteiger charge is -2.14. The smallest absolute Gasteiger partial charge is 0.185 e. The zero-order chi connectivity index (χ0) is 14.5. The van der Waals surface area contributed by atoms with Gasteiger partial charge in [-0.1, -0.05) is 13.8 Å². The second kappa shape index (κ2) is 7.21. The van der Waals surface area contributed by atoms with Crippen LogP contribution in [0, 0.1) is 5.92 Å². The van der Waals surface area contributed by atoms with Crippen LogP contribution >= 0.6 is 11.3 Å². The van der Waals surface area contributed by atoms with E-state index < -0.39 is 9.84 Å². The summed E-state index contributed by atoms with van der Waals surface area (Å²) in [5.74, 6) is 0.778. The largest absolute Gasteiger partial charge is 0.350 e. The van der Waals surface area contributed by atoms with Crippen LogP contribution in [-0.4, -0.2) is 45.5 Å². The zero-order valence-corrected chi connectivity index (χ0v) is 13.6. The second-order valence-electron chi connectivity index (χ2n) is 5.20. The molecule has 0 spiro atoms. The quantitative estimate of drug-likeness (QED) is 0.786. The van der Waals surface area contributed by atoms with Crippen molar-refractivity contribution in [3.8, 4) is 0 Å². The Morgan fingerprint density at radius 2 is 2.16 bits per heavy atom. The van der Waals surface area contributed by atoms with Crippen LogP contribution in [0.1, 0.15) is 19.5 Å². The van der Waals surface area contributed by atoms with E-state index in [0.29, 0.717) is 12.5 Å². The van der Waals surface area contributed by atoms with Crippen molar-refractivity contribution in [2.24, 2.45) is 5.92 Å². The van der Waals surface area contributed by atoms with Crippen LogP contribution in [0.3, 0.4) is 0 Å². The van der Waals surface area contributed by atoms with Gasteiger partial charge in [-0.15, -0.1) is 11.3 Å². The van der Waals surface area contributed by atoms with Crippen molar-refractivity contribution in [2.45, 2.75) is 20.4 Å². The minimum Gasteiger partial charge on any atom is -0.350 e. The number of hydrogen-bond donors (Lipinski definition) is 1. The first-order valence-corrected chi connectivity index (χ1v) is 9.26. The highest BCUT2D eigenvalue weighted by Crippen LogP contribution is 2.19. The lowest BCUT2D eigenvalue weighted by atomic mass is 10.2. The van der Waals surface area contributed by atoms with Crippen LogP contribution < -0.4 is 10.2 Å². The minimum absolute atomic E-state index is 0.157. The molecule has 0 atom stereocenters. The highest BCUT2D eigenvalue weighted by atomic mass is 32.2. The van der Waals surface area contributed by atoms with Gasteiger partial charge in [-0.3, -0.25) is 0 Å². The molecule has 0 aliphatic rings. The van der Waals surface area contributed by atoms with Crippen molar-refractivity contribution in [3.05, 3.63) is 11.1 Å². The number of hydrogen-bond acceptors (Lipinski definition) is 6. The van der Waals surface area contributed by atoms with E-state index in [4.69, 9.17) is 0 Å². The first-order chi connectivity index (χ1) is 8.78. The Hall–Kier alpha value is -0.660. The predicted molar refractivity (Wildman–Crippen MR) is 81.6 cm³/mol. The molecule has 19 heavy (non-hydrogen) atoms. The number of nitrogens with zero attached hydrogens (tertiary/aromatic N) is 2. The maximum atomic E-state index is 11.1. The van der Waals surface area contributed by atoms with Crippen LogP contribution in [0.2, 0.25) is 0 Å². The second-order valence-corrected chi connectivity index (χ2v) is 8.29. The molecule has 1 heterocycles. The molecule has 110 valence electrons. The Morgan fingerprint density at radius 3 is 2.74 bits per heavy atom. The first kappa shape index (κ1) is 16.4. The highest BCUT2D eigenvalue weighted by Gasteiger charge is 2.10. The van der Waals surface area contributed by atoms with E-state index >= 15 is 0 Å². The number of sulfone groups is 1. The van der Waals surface area contributed by atoms with Crippen LogP contribution in [0.4, 0.5) is 5.13 Å². The Kier molecular flexibility index (Phi) is 6.22. The zero-order valence-electron chi connectivity index (χ0n) is 12.0.